The number of benzene rings is 1. The molecule has 1 aromatic carbocycles. The second kappa shape index (κ2) is 9.26. The van der Waals surface area contributed by atoms with E-state index in [-0.39, 0.29) is 11.3 Å². The molecule has 0 aliphatic rings. The first-order chi connectivity index (χ1) is 14.2. The molecule has 1 amide bonds. The van der Waals surface area contributed by atoms with Gasteiger partial charge in [-0.2, -0.15) is 9.78 Å². The van der Waals surface area contributed by atoms with E-state index in [2.05, 4.69) is 41.2 Å². The summed E-state index contributed by atoms with van der Waals surface area (Å²) in [5, 5.41) is 8.20. The van der Waals surface area contributed by atoms with Crippen LogP contribution in [0.3, 0.4) is 0 Å². The van der Waals surface area contributed by atoms with Crippen LogP contribution in [0.5, 0.6) is 5.75 Å². The monoisotopic (exact) mass is 427 g/mol. The highest BCUT2D eigenvalue weighted by Crippen LogP contribution is 2.25. The number of nitrogens with zero attached hydrogens (tertiary/aromatic N) is 4. The summed E-state index contributed by atoms with van der Waals surface area (Å²) in [4.78, 5) is 21.0. The van der Waals surface area contributed by atoms with Crippen molar-refractivity contribution in [1.29, 1.82) is 0 Å². The van der Waals surface area contributed by atoms with Gasteiger partial charge in [-0.05, 0) is 43.2 Å². The number of rotatable bonds is 7. The highest BCUT2D eigenvalue weighted by molar-refractivity contribution is 6.30. The average Bonchev–Trinajstić information content (AvgIpc) is 3.11. The first-order valence-electron chi connectivity index (χ1n) is 9.81. The number of aromatic nitrogens is 4. The molecule has 3 aromatic rings. The zero-order valence-corrected chi connectivity index (χ0v) is 18.4. The zero-order valence-electron chi connectivity index (χ0n) is 17.6. The lowest BCUT2D eigenvalue weighted by atomic mass is 9.92. The minimum absolute atomic E-state index is 0.121. The molecule has 158 valence electrons. The van der Waals surface area contributed by atoms with Crippen molar-refractivity contribution in [2.24, 2.45) is 0 Å². The quantitative estimate of drug-likeness (QED) is 0.551. The molecule has 0 saturated carbocycles. The van der Waals surface area contributed by atoms with Crippen molar-refractivity contribution in [3.05, 3.63) is 59.0 Å². The number of ether oxygens (including phenoxy) is 1. The van der Waals surface area contributed by atoms with Gasteiger partial charge in [0.1, 0.15) is 11.6 Å². The third kappa shape index (κ3) is 5.57. The van der Waals surface area contributed by atoms with Gasteiger partial charge in [-0.3, -0.25) is 4.79 Å². The molecule has 7 nitrogen and oxygen atoms in total. The maximum Gasteiger partial charge on any atom is 0.252 e. The molecule has 30 heavy (non-hydrogen) atoms. The molecule has 3 rings (SSSR count). The Bertz CT molecular complexity index is 1010. The molecule has 0 unspecified atom stereocenters. The highest BCUT2D eigenvalue weighted by Gasteiger charge is 2.22. The predicted octanol–water partition coefficient (Wildman–Crippen LogP) is 4.72. The van der Waals surface area contributed by atoms with Crippen LogP contribution in [0.15, 0.2) is 42.7 Å². The lowest BCUT2D eigenvalue weighted by Crippen LogP contribution is -2.16. The normalized spacial score (nSPS) is 11.4. The van der Waals surface area contributed by atoms with Gasteiger partial charge in [-0.1, -0.05) is 32.4 Å². The summed E-state index contributed by atoms with van der Waals surface area (Å²) < 4.78 is 7.32. The minimum Gasteiger partial charge on any atom is -0.493 e. The molecular formula is C22H26ClN5O2. The Hall–Kier alpha value is -2.93. The second-order valence-corrected chi connectivity index (χ2v) is 8.47. The van der Waals surface area contributed by atoms with Gasteiger partial charge in [-0.25, -0.2) is 9.97 Å². The van der Waals surface area contributed by atoms with Crippen molar-refractivity contribution in [2.75, 3.05) is 11.9 Å². The predicted molar refractivity (Wildman–Crippen MR) is 117 cm³/mol. The van der Waals surface area contributed by atoms with Crippen LogP contribution in [0, 0.1) is 6.92 Å². The van der Waals surface area contributed by atoms with Crippen molar-refractivity contribution in [3.63, 3.8) is 0 Å². The summed E-state index contributed by atoms with van der Waals surface area (Å²) in [5.74, 6) is 1.60. The SMILES string of the molecule is Cc1cc(Cl)ccc1OCCCC(=O)Nc1cc(C(C)(C)C)nn1-c1ncccn1. The fraction of sp³-hybridized carbons (Fsp3) is 0.364. The Labute approximate surface area is 181 Å². The summed E-state index contributed by atoms with van der Waals surface area (Å²) >= 11 is 5.96. The molecule has 2 aromatic heterocycles. The Morgan fingerprint density at radius 3 is 2.60 bits per heavy atom. The number of hydrogen-bond donors (Lipinski definition) is 1. The van der Waals surface area contributed by atoms with Gasteiger partial charge in [0.05, 0.1) is 12.3 Å². The average molecular weight is 428 g/mol. The lowest BCUT2D eigenvalue weighted by molar-refractivity contribution is -0.116. The Kier molecular flexibility index (Phi) is 6.72. The Balaban J connectivity index is 1.62. The molecule has 1 N–H and O–H groups in total. The topological polar surface area (TPSA) is 81.9 Å². The Morgan fingerprint density at radius 1 is 1.20 bits per heavy atom. The first-order valence-corrected chi connectivity index (χ1v) is 10.2. The third-order valence-electron chi connectivity index (χ3n) is 4.43. The molecule has 0 aliphatic carbocycles. The number of aryl methyl sites for hydroxylation is 1. The molecule has 0 radical (unpaired) electrons. The van der Waals surface area contributed by atoms with Gasteiger partial charge in [0.2, 0.25) is 5.91 Å². The van der Waals surface area contributed by atoms with E-state index in [0.717, 1.165) is 17.0 Å². The molecule has 0 saturated heterocycles. The van der Waals surface area contributed by atoms with E-state index in [1.54, 1.807) is 29.2 Å². The molecule has 0 fully saturated rings. The van der Waals surface area contributed by atoms with Crippen LogP contribution in [-0.2, 0) is 10.2 Å². The number of carbonyl (C=O) groups is 1. The fourth-order valence-corrected chi connectivity index (χ4v) is 3.01. The third-order valence-corrected chi connectivity index (χ3v) is 4.66. The zero-order chi connectivity index (χ0) is 21.7. The number of anilines is 1. The van der Waals surface area contributed by atoms with Crippen LogP contribution in [0.2, 0.25) is 5.02 Å². The van der Waals surface area contributed by atoms with Gasteiger partial charge in [0, 0.05) is 35.3 Å². The summed E-state index contributed by atoms with van der Waals surface area (Å²) in [6.45, 7) is 8.56. The number of halogens is 1. The van der Waals surface area contributed by atoms with E-state index >= 15 is 0 Å². The highest BCUT2D eigenvalue weighted by atomic mass is 35.5. The van der Waals surface area contributed by atoms with E-state index in [1.165, 1.54) is 0 Å². The first kappa shape index (κ1) is 21.8. The lowest BCUT2D eigenvalue weighted by Gasteiger charge is -2.13. The van der Waals surface area contributed by atoms with Crippen LogP contribution >= 0.6 is 11.6 Å². The van der Waals surface area contributed by atoms with Gasteiger partial charge >= 0.3 is 0 Å². The van der Waals surface area contributed by atoms with Crippen molar-refractivity contribution >= 4 is 23.3 Å². The van der Waals surface area contributed by atoms with Gasteiger partial charge in [-0.15, -0.1) is 0 Å². The van der Waals surface area contributed by atoms with E-state index < -0.39 is 0 Å². The maximum atomic E-state index is 12.5. The van der Waals surface area contributed by atoms with Crippen molar-refractivity contribution in [2.45, 2.75) is 46.0 Å². The van der Waals surface area contributed by atoms with Crippen LogP contribution < -0.4 is 10.1 Å². The molecule has 0 spiro atoms. The molecule has 8 heteroatoms. The van der Waals surface area contributed by atoms with Gasteiger partial charge in [0.25, 0.3) is 5.95 Å². The van der Waals surface area contributed by atoms with E-state index in [9.17, 15) is 4.79 Å². The van der Waals surface area contributed by atoms with Crippen LogP contribution in [-0.4, -0.2) is 32.3 Å². The molecule has 2 heterocycles. The van der Waals surface area contributed by atoms with E-state index in [4.69, 9.17) is 16.3 Å². The van der Waals surface area contributed by atoms with Crippen LogP contribution in [0.1, 0.15) is 44.9 Å². The summed E-state index contributed by atoms with van der Waals surface area (Å²) in [5.41, 5.74) is 1.63. The van der Waals surface area contributed by atoms with E-state index in [1.807, 2.05) is 25.1 Å². The van der Waals surface area contributed by atoms with E-state index in [0.29, 0.717) is 36.2 Å². The minimum atomic E-state index is -0.177. The smallest absolute Gasteiger partial charge is 0.252 e. The molecule has 0 aliphatic heterocycles. The largest absolute Gasteiger partial charge is 0.493 e. The number of hydrogen-bond acceptors (Lipinski definition) is 5. The summed E-state index contributed by atoms with van der Waals surface area (Å²) in [6.07, 6.45) is 4.18. The molecular weight excluding hydrogens is 402 g/mol. The van der Waals surface area contributed by atoms with Crippen LogP contribution in [0.4, 0.5) is 5.82 Å². The van der Waals surface area contributed by atoms with Gasteiger partial charge in [0.15, 0.2) is 0 Å². The molecule has 0 bridgehead atoms. The van der Waals surface area contributed by atoms with Crippen molar-refractivity contribution in [3.8, 4) is 11.7 Å². The number of amides is 1. The summed E-state index contributed by atoms with van der Waals surface area (Å²) in [7, 11) is 0. The van der Waals surface area contributed by atoms with Gasteiger partial charge < -0.3 is 10.1 Å². The van der Waals surface area contributed by atoms with Crippen molar-refractivity contribution in [1.82, 2.24) is 19.7 Å². The van der Waals surface area contributed by atoms with Crippen LogP contribution in [0.25, 0.3) is 5.95 Å². The Morgan fingerprint density at radius 2 is 1.93 bits per heavy atom. The second-order valence-electron chi connectivity index (χ2n) is 8.04. The summed E-state index contributed by atoms with van der Waals surface area (Å²) in [6, 6.07) is 9.07. The number of nitrogens with one attached hydrogen (secondary N) is 1. The number of carbonyl (C=O) groups excluding carboxylic acids is 1. The fourth-order valence-electron chi connectivity index (χ4n) is 2.78. The van der Waals surface area contributed by atoms with Crippen molar-refractivity contribution < 1.29 is 9.53 Å². The maximum absolute atomic E-state index is 12.5. The standard InChI is InChI=1S/C22H26ClN5O2/c1-15-13-16(23)8-9-17(15)30-12-5-7-20(29)26-19-14-18(22(2,3)4)27-28(19)21-24-10-6-11-25-21/h6,8-11,13-14H,5,7,12H2,1-4H3,(H,26,29). The molecule has 0 atom stereocenters.